The second-order valence-corrected chi connectivity index (χ2v) is 2.33. The smallest absolute Gasteiger partial charge is 0.231 e. The first-order valence-electron chi connectivity index (χ1n) is 3.95. The highest BCUT2D eigenvalue weighted by Crippen LogP contribution is 1.79. The van der Waals surface area contributed by atoms with Gasteiger partial charge in [-0.3, -0.25) is 4.79 Å². The molecule has 0 aliphatic heterocycles. The number of carbonyl (C=O) groups is 1. The van der Waals surface area contributed by atoms with Gasteiger partial charge in [0.15, 0.2) is 0 Å². The van der Waals surface area contributed by atoms with Crippen LogP contribution in [0.3, 0.4) is 0 Å². The molecule has 0 heterocycles. The minimum Gasteiger partial charge on any atom is -0.394 e. The summed E-state index contributed by atoms with van der Waals surface area (Å²) in [7, 11) is 0. The third-order valence-electron chi connectivity index (χ3n) is 1.18. The molecule has 0 aromatic rings. The van der Waals surface area contributed by atoms with Crippen LogP contribution in [0.1, 0.15) is 6.42 Å². The molecule has 0 fully saturated rings. The summed E-state index contributed by atoms with van der Waals surface area (Å²) in [5.74, 6) is -0.355. The predicted molar refractivity (Wildman–Crippen MR) is 44.6 cm³/mol. The van der Waals surface area contributed by atoms with E-state index in [4.69, 9.17) is 15.6 Å². The average Bonchev–Trinajstić information content (AvgIpc) is 2.02. The number of primary amides is 1. The minimum atomic E-state index is -0.355. The maximum absolute atomic E-state index is 10.2. The summed E-state index contributed by atoms with van der Waals surface area (Å²) >= 11 is 0. The standard InChI is InChI=1S/C7H16N2O3/c8-7(11)6-9-2-1-4-12-5-3-10/h9-10H,1-6H2,(H2,8,11). The maximum atomic E-state index is 10.2. The van der Waals surface area contributed by atoms with Crippen molar-refractivity contribution in [3.8, 4) is 0 Å². The Labute approximate surface area is 71.9 Å². The Kier molecular flexibility index (Phi) is 7.99. The van der Waals surface area contributed by atoms with Gasteiger partial charge in [-0.05, 0) is 13.0 Å². The van der Waals surface area contributed by atoms with Crippen molar-refractivity contribution < 1.29 is 14.6 Å². The molecule has 0 saturated heterocycles. The molecule has 0 aromatic carbocycles. The molecule has 0 unspecified atom stereocenters. The van der Waals surface area contributed by atoms with Crippen molar-refractivity contribution in [2.24, 2.45) is 5.73 Å². The van der Waals surface area contributed by atoms with Gasteiger partial charge in [-0.15, -0.1) is 0 Å². The monoisotopic (exact) mass is 176 g/mol. The van der Waals surface area contributed by atoms with Crippen molar-refractivity contribution in [3.05, 3.63) is 0 Å². The second-order valence-electron chi connectivity index (χ2n) is 2.33. The topological polar surface area (TPSA) is 84.6 Å². The SMILES string of the molecule is NC(=O)CNCCCOCCO. The molecule has 12 heavy (non-hydrogen) atoms. The first-order chi connectivity index (χ1) is 5.77. The zero-order valence-electron chi connectivity index (χ0n) is 7.08. The number of aliphatic hydroxyl groups excluding tert-OH is 1. The number of ether oxygens (including phenoxy) is 1. The number of carbonyl (C=O) groups excluding carboxylic acids is 1. The molecular formula is C7H16N2O3. The Morgan fingerprint density at radius 3 is 2.83 bits per heavy atom. The quantitative estimate of drug-likeness (QED) is 0.391. The van der Waals surface area contributed by atoms with Crippen LogP contribution in [0.25, 0.3) is 0 Å². The highest BCUT2D eigenvalue weighted by atomic mass is 16.5. The van der Waals surface area contributed by atoms with Crippen molar-refractivity contribution in [1.29, 1.82) is 0 Å². The molecule has 0 radical (unpaired) electrons. The zero-order chi connectivity index (χ0) is 9.23. The molecular weight excluding hydrogens is 160 g/mol. The van der Waals surface area contributed by atoms with Gasteiger partial charge in [-0.2, -0.15) is 0 Å². The summed E-state index contributed by atoms with van der Waals surface area (Å²) in [5.41, 5.74) is 4.89. The fourth-order valence-electron chi connectivity index (χ4n) is 0.677. The normalized spacial score (nSPS) is 10.1. The van der Waals surface area contributed by atoms with Gasteiger partial charge < -0.3 is 20.9 Å². The van der Waals surface area contributed by atoms with E-state index in [1.54, 1.807) is 0 Å². The Hall–Kier alpha value is -0.650. The van der Waals surface area contributed by atoms with Gasteiger partial charge in [0.25, 0.3) is 0 Å². The van der Waals surface area contributed by atoms with Gasteiger partial charge in [-0.1, -0.05) is 0 Å². The van der Waals surface area contributed by atoms with Gasteiger partial charge in [0.1, 0.15) is 0 Å². The highest BCUT2D eigenvalue weighted by Gasteiger charge is 1.92. The fourth-order valence-corrected chi connectivity index (χ4v) is 0.677. The lowest BCUT2D eigenvalue weighted by atomic mass is 10.4. The summed E-state index contributed by atoms with van der Waals surface area (Å²) in [6, 6.07) is 0. The molecule has 0 aliphatic carbocycles. The molecule has 0 spiro atoms. The maximum Gasteiger partial charge on any atom is 0.231 e. The van der Waals surface area contributed by atoms with Gasteiger partial charge >= 0.3 is 0 Å². The van der Waals surface area contributed by atoms with E-state index < -0.39 is 0 Å². The second kappa shape index (κ2) is 8.45. The van der Waals surface area contributed by atoms with E-state index in [2.05, 4.69) is 5.32 Å². The third-order valence-corrected chi connectivity index (χ3v) is 1.18. The molecule has 0 saturated carbocycles. The lowest BCUT2D eigenvalue weighted by molar-refractivity contribution is -0.117. The fraction of sp³-hybridized carbons (Fsp3) is 0.857. The summed E-state index contributed by atoms with van der Waals surface area (Å²) in [6.45, 7) is 1.92. The number of aliphatic hydroxyl groups is 1. The van der Waals surface area contributed by atoms with E-state index in [1.807, 2.05) is 0 Å². The van der Waals surface area contributed by atoms with Crippen molar-refractivity contribution >= 4 is 5.91 Å². The average molecular weight is 176 g/mol. The van der Waals surface area contributed by atoms with Crippen LogP contribution in [0.4, 0.5) is 0 Å². The van der Waals surface area contributed by atoms with Crippen LogP contribution >= 0.6 is 0 Å². The number of rotatable bonds is 8. The van der Waals surface area contributed by atoms with E-state index in [0.717, 1.165) is 6.42 Å². The number of hydrogen-bond donors (Lipinski definition) is 3. The Morgan fingerprint density at radius 2 is 2.25 bits per heavy atom. The molecule has 4 N–H and O–H groups in total. The molecule has 0 rings (SSSR count). The van der Waals surface area contributed by atoms with Gasteiger partial charge in [-0.25, -0.2) is 0 Å². The van der Waals surface area contributed by atoms with Crippen molar-refractivity contribution in [2.75, 3.05) is 32.9 Å². The highest BCUT2D eigenvalue weighted by molar-refractivity contribution is 5.75. The van der Waals surface area contributed by atoms with Crippen LogP contribution in [-0.2, 0) is 9.53 Å². The molecule has 72 valence electrons. The van der Waals surface area contributed by atoms with Gasteiger partial charge in [0.2, 0.25) is 5.91 Å². The summed E-state index contributed by atoms with van der Waals surface area (Å²) in [5, 5.41) is 11.2. The van der Waals surface area contributed by atoms with E-state index in [0.29, 0.717) is 19.8 Å². The third kappa shape index (κ3) is 9.35. The summed E-state index contributed by atoms with van der Waals surface area (Å²) in [6.07, 6.45) is 0.813. The molecule has 0 aromatic heterocycles. The predicted octanol–water partition coefficient (Wildman–Crippen LogP) is -1.54. The first kappa shape index (κ1) is 11.4. The van der Waals surface area contributed by atoms with Crippen LogP contribution < -0.4 is 11.1 Å². The van der Waals surface area contributed by atoms with Crippen LogP contribution in [0.2, 0.25) is 0 Å². The van der Waals surface area contributed by atoms with E-state index in [9.17, 15) is 4.79 Å². The molecule has 5 heteroatoms. The molecule has 0 bridgehead atoms. The van der Waals surface area contributed by atoms with Gasteiger partial charge in [0, 0.05) is 6.61 Å². The molecule has 0 atom stereocenters. The Bertz CT molecular complexity index is 119. The van der Waals surface area contributed by atoms with Crippen molar-refractivity contribution in [2.45, 2.75) is 6.42 Å². The van der Waals surface area contributed by atoms with Crippen molar-refractivity contribution in [3.63, 3.8) is 0 Å². The molecule has 1 amide bonds. The number of hydrogen-bond acceptors (Lipinski definition) is 4. The molecule has 0 aliphatic rings. The lowest BCUT2D eigenvalue weighted by Crippen LogP contribution is -2.29. The Balaban J connectivity index is 2.86. The van der Waals surface area contributed by atoms with E-state index in [-0.39, 0.29) is 19.1 Å². The zero-order valence-corrected chi connectivity index (χ0v) is 7.08. The number of amides is 1. The molecule has 5 nitrogen and oxygen atoms in total. The van der Waals surface area contributed by atoms with Crippen LogP contribution in [0.5, 0.6) is 0 Å². The van der Waals surface area contributed by atoms with Crippen LogP contribution in [0.15, 0.2) is 0 Å². The van der Waals surface area contributed by atoms with Crippen molar-refractivity contribution in [1.82, 2.24) is 5.32 Å². The largest absolute Gasteiger partial charge is 0.394 e. The summed E-state index contributed by atoms with van der Waals surface area (Å²) < 4.78 is 4.98. The Morgan fingerprint density at radius 1 is 1.50 bits per heavy atom. The van der Waals surface area contributed by atoms with Gasteiger partial charge in [0.05, 0.1) is 19.8 Å². The van der Waals surface area contributed by atoms with E-state index >= 15 is 0 Å². The van der Waals surface area contributed by atoms with E-state index in [1.165, 1.54) is 0 Å². The first-order valence-corrected chi connectivity index (χ1v) is 3.95. The van der Waals surface area contributed by atoms with Crippen LogP contribution in [0, 0.1) is 0 Å². The number of nitrogens with one attached hydrogen (secondary N) is 1. The lowest BCUT2D eigenvalue weighted by Gasteiger charge is -2.02. The summed E-state index contributed by atoms with van der Waals surface area (Å²) in [4.78, 5) is 10.2. The van der Waals surface area contributed by atoms with Crippen LogP contribution in [-0.4, -0.2) is 43.9 Å². The minimum absolute atomic E-state index is 0.0503. The number of nitrogens with two attached hydrogens (primary N) is 1.